The number of nitrogens with one attached hydrogen (secondary N) is 1. The van der Waals surface area contributed by atoms with E-state index in [0.717, 1.165) is 60.5 Å². The van der Waals surface area contributed by atoms with Crippen molar-refractivity contribution in [3.05, 3.63) is 47.8 Å². The lowest BCUT2D eigenvalue weighted by atomic mass is 9.95. The summed E-state index contributed by atoms with van der Waals surface area (Å²) in [6.07, 6.45) is 8.81. The van der Waals surface area contributed by atoms with E-state index < -0.39 is 0 Å². The molecule has 2 saturated carbocycles. The zero-order valence-electron chi connectivity index (χ0n) is 16.1. The first-order valence-electron chi connectivity index (χ1n) is 10.1. The second-order valence-electron chi connectivity index (χ2n) is 8.46. The second-order valence-corrected chi connectivity index (χ2v) is 8.46. The third-order valence-electron chi connectivity index (χ3n) is 6.38. The van der Waals surface area contributed by atoms with Crippen molar-refractivity contribution in [2.75, 3.05) is 5.32 Å². The number of hydrogen-bond donors (Lipinski definition) is 3. The minimum Gasteiger partial charge on any atom is -0.392 e. The third-order valence-corrected chi connectivity index (χ3v) is 6.38. The standard InChI is InChI=1S/C22H26N4O2/c1-22(8-9-22)15-12-26-18(11-23-21(26)10-14(15)13-27)16-4-3-7-20(24-16)25-17-5-2-6-19(17)28/h3-4,7,10-12,17,19,27-28H,2,5-6,8-9,13H2,1H3,(H,24,25)/t17-,19-/m0/s1. The van der Waals surface area contributed by atoms with Crippen molar-refractivity contribution in [3.63, 3.8) is 0 Å². The SMILES string of the molecule is CC1(c2cn3c(-c4cccc(N[C@H]5CCC[C@@H]5O)n4)cnc3cc2CO)CC1. The molecule has 3 N–H and O–H groups in total. The number of aromatic nitrogens is 3. The van der Waals surface area contributed by atoms with Crippen LogP contribution in [0.25, 0.3) is 17.0 Å². The smallest absolute Gasteiger partial charge is 0.137 e. The average Bonchev–Trinajstić information content (AvgIpc) is 3.12. The minimum atomic E-state index is -0.306. The largest absolute Gasteiger partial charge is 0.392 e. The molecule has 3 aromatic rings. The van der Waals surface area contributed by atoms with Crippen molar-refractivity contribution in [3.8, 4) is 11.4 Å². The van der Waals surface area contributed by atoms with Crippen molar-refractivity contribution < 1.29 is 10.2 Å². The molecule has 0 aromatic carbocycles. The first-order valence-corrected chi connectivity index (χ1v) is 10.1. The predicted molar refractivity (Wildman–Crippen MR) is 108 cm³/mol. The lowest BCUT2D eigenvalue weighted by molar-refractivity contribution is 0.171. The number of hydrogen-bond acceptors (Lipinski definition) is 5. The topological polar surface area (TPSA) is 82.7 Å². The number of imidazole rings is 1. The molecule has 0 aliphatic heterocycles. The number of aliphatic hydroxyl groups is 2. The molecule has 0 spiro atoms. The van der Waals surface area contributed by atoms with Crippen LogP contribution in [-0.2, 0) is 12.0 Å². The summed E-state index contributed by atoms with van der Waals surface area (Å²) in [4.78, 5) is 9.32. The summed E-state index contributed by atoms with van der Waals surface area (Å²) in [6, 6.07) is 7.96. The van der Waals surface area contributed by atoms with Gasteiger partial charge >= 0.3 is 0 Å². The molecule has 2 aliphatic carbocycles. The summed E-state index contributed by atoms with van der Waals surface area (Å²) in [7, 11) is 0. The van der Waals surface area contributed by atoms with E-state index >= 15 is 0 Å². The molecule has 2 fully saturated rings. The molecule has 6 heteroatoms. The summed E-state index contributed by atoms with van der Waals surface area (Å²) in [5, 5.41) is 23.3. The number of pyridine rings is 2. The number of fused-ring (bicyclic) bond motifs is 1. The molecule has 146 valence electrons. The van der Waals surface area contributed by atoms with Gasteiger partial charge in [0.05, 0.1) is 36.3 Å². The fourth-order valence-corrected chi connectivity index (χ4v) is 4.34. The van der Waals surface area contributed by atoms with Crippen LogP contribution in [0.5, 0.6) is 0 Å². The van der Waals surface area contributed by atoms with Gasteiger partial charge in [0.15, 0.2) is 0 Å². The van der Waals surface area contributed by atoms with Gasteiger partial charge in [-0.25, -0.2) is 9.97 Å². The highest BCUT2D eigenvalue weighted by atomic mass is 16.3. The number of aliphatic hydroxyl groups excluding tert-OH is 2. The van der Waals surface area contributed by atoms with Crippen LogP contribution >= 0.6 is 0 Å². The maximum Gasteiger partial charge on any atom is 0.137 e. The van der Waals surface area contributed by atoms with Gasteiger partial charge in [-0.15, -0.1) is 0 Å². The van der Waals surface area contributed by atoms with Gasteiger partial charge in [0.1, 0.15) is 11.5 Å². The molecule has 0 amide bonds. The van der Waals surface area contributed by atoms with Gasteiger partial charge in [-0.2, -0.15) is 0 Å². The van der Waals surface area contributed by atoms with E-state index in [4.69, 9.17) is 4.98 Å². The van der Waals surface area contributed by atoms with Crippen LogP contribution in [0.15, 0.2) is 36.7 Å². The summed E-state index contributed by atoms with van der Waals surface area (Å²) < 4.78 is 2.08. The molecule has 5 rings (SSSR count). The predicted octanol–water partition coefficient (Wildman–Crippen LogP) is 3.27. The Morgan fingerprint density at radius 2 is 2.14 bits per heavy atom. The second kappa shape index (κ2) is 6.57. The van der Waals surface area contributed by atoms with Crippen LogP contribution in [0.2, 0.25) is 0 Å². The Morgan fingerprint density at radius 3 is 2.86 bits per heavy atom. The van der Waals surface area contributed by atoms with Crippen molar-refractivity contribution in [1.82, 2.24) is 14.4 Å². The van der Waals surface area contributed by atoms with Gasteiger partial charge < -0.3 is 15.5 Å². The molecule has 0 radical (unpaired) electrons. The molecule has 2 aliphatic rings. The van der Waals surface area contributed by atoms with Crippen molar-refractivity contribution >= 4 is 11.5 Å². The Hall–Kier alpha value is -2.44. The number of nitrogens with zero attached hydrogens (tertiary/aromatic N) is 3. The zero-order chi connectivity index (χ0) is 19.3. The molecule has 2 atom stereocenters. The molecular weight excluding hydrogens is 352 g/mol. The van der Waals surface area contributed by atoms with Gasteiger partial charge in [-0.3, -0.25) is 4.40 Å². The van der Waals surface area contributed by atoms with E-state index in [2.05, 4.69) is 27.8 Å². The molecule has 28 heavy (non-hydrogen) atoms. The Bertz CT molecular complexity index is 1020. The normalized spacial score (nSPS) is 23.2. The monoisotopic (exact) mass is 378 g/mol. The fraction of sp³-hybridized carbons (Fsp3) is 0.455. The Labute approximate surface area is 164 Å². The van der Waals surface area contributed by atoms with Gasteiger partial charge in [-0.1, -0.05) is 13.0 Å². The molecule has 0 bridgehead atoms. The van der Waals surface area contributed by atoms with E-state index in [1.807, 2.05) is 30.5 Å². The summed E-state index contributed by atoms with van der Waals surface area (Å²) in [5.74, 6) is 0.778. The molecule has 6 nitrogen and oxygen atoms in total. The van der Waals surface area contributed by atoms with Crippen LogP contribution in [0.4, 0.5) is 5.82 Å². The van der Waals surface area contributed by atoms with Gasteiger partial charge in [0.25, 0.3) is 0 Å². The quantitative estimate of drug-likeness (QED) is 0.635. The van der Waals surface area contributed by atoms with E-state index in [1.54, 1.807) is 0 Å². The minimum absolute atomic E-state index is 0.0327. The van der Waals surface area contributed by atoms with Gasteiger partial charge in [-0.05, 0) is 66.8 Å². The Morgan fingerprint density at radius 1 is 1.29 bits per heavy atom. The molecule has 3 heterocycles. The zero-order valence-corrected chi connectivity index (χ0v) is 16.1. The van der Waals surface area contributed by atoms with Crippen LogP contribution in [0, 0.1) is 0 Å². The van der Waals surface area contributed by atoms with Crippen molar-refractivity contribution in [2.45, 2.75) is 63.2 Å². The van der Waals surface area contributed by atoms with Gasteiger partial charge in [0, 0.05) is 6.20 Å². The summed E-state index contributed by atoms with van der Waals surface area (Å²) >= 11 is 0. The fourth-order valence-electron chi connectivity index (χ4n) is 4.34. The van der Waals surface area contributed by atoms with E-state index in [9.17, 15) is 10.2 Å². The molecule has 0 unspecified atom stereocenters. The number of anilines is 1. The molecular formula is C22H26N4O2. The van der Waals surface area contributed by atoms with E-state index in [1.165, 1.54) is 5.56 Å². The maximum absolute atomic E-state index is 10.1. The van der Waals surface area contributed by atoms with Crippen LogP contribution in [-0.4, -0.2) is 36.7 Å². The van der Waals surface area contributed by atoms with Gasteiger partial charge in [0.2, 0.25) is 0 Å². The lowest BCUT2D eigenvalue weighted by Gasteiger charge is -2.17. The average molecular weight is 378 g/mol. The van der Waals surface area contributed by atoms with Crippen molar-refractivity contribution in [1.29, 1.82) is 0 Å². The molecule has 3 aromatic heterocycles. The summed E-state index contributed by atoms with van der Waals surface area (Å²) in [5.41, 5.74) is 4.91. The molecule has 0 saturated heterocycles. The number of rotatable bonds is 5. The lowest BCUT2D eigenvalue weighted by Crippen LogP contribution is -2.28. The third kappa shape index (κ3) is 2.97. The Kier molecular flexibility index (Phi) is 4.14. The first-order chi connectivity index (χ1) is 13.6. The Balaban J connectivity index is 1.53. The maximum atomic E-state index is 10.1. The highest BCUT2D eigenvalue weighted by molar-refractivity contribution is 5.63. The summed E-state index contributed by atoms with van der Waals surface area (Å²) in [6.45, 7) is 2.28. The highest BCUT2D eigenvalue weighted by Gasteiger charge is 2.41. The highest BCUT2D eigenvalue weighted by Crippen LogP contribution is 2.49. The van der Waals surface area contributed by atoms with Crippen LogP contribution < -0.4 is 5.32 Å². The van der Waals surface area contributed by atoms with Crippen LogP contribution in [0.3, 0.4) is 0 Å². The van der Waals surface area contributed by atoms with Crippen molar-refractivity contribution in [2.24, 2.45) is 0 Å². The van der Waals surface area contributed by atoms with Crippen LogP contribution in [0.1, 0.15) is 50.2 Å². The van der Waals surface area contributed by atoms with E-state index in [-0.39, 0.29) is 24.2 Å². The first kappa shape index (κ1) is 17.6. The van der Waals surface area contributed by atoms with E-state index in [0.29, 0.717) is 0 Å².